The van der Waals surface area contributed by atoms with Crippen LogP contribution in [0.5, 0.6) is 0 Å². The van der Waals surface area contributed by atoms with Crippen LogP contribution in [0.1, 0.15) is 30.9 Å². The van der Waals surface area contributed by atoms with Gasteiger partial charge in [-0.1, -0.05) is 29.8 Å². The molecular weight excluding hydrogens is 357 g/mol. The number of urea groups is 1. The third-order valence-corrected chi connectivity index (χ3v) is 5.20. The highest BCUT2D eigenvalue weighted by Crippen LogP contribution is 2.30. The van der Waals surface area contributed by atoms with E-state index in [-0.39, 0.29) is 17.8 Å². The number of benzene rings is 2. The lowest BCUT2D eigenvalue weighted by atomic mass is 9.81. The first-order valence-electron chi connectivity index (χ1n) is 9.51. The molecule has 0 unspecified atom stereocenters. The maximum Gasteiger partial charge on any atom is 0.321 e. The number of hydrogen-bond acceptors (Lipinski definition) is 2. The van der Waals surface area contributed by atoms with Crippen LogP contribution >= 0.6 is 0 Å². The molecule has 2 N–H and O–H groups in total. The Labute approximate surface area is 164 Å². The van der Waals surface area contributed by atoms with Crippen molar-refractivity contribution in [1.82, 2.24) is 10.2 Å². The Morgan fingerprint density at radius 3 is 2.46 bits per heavy atom. The minimum absolute atomic E-state index is 0.0487. The topological polar surface area (TPSA) is 61.4 Å². The largest absolute Gasteiger partial charge is 0.351 e. The molecule has 1 fully saturated rings. The van der Waals surface area contributed by atoms with Gasteiger partial charge in [0.15, 0.2) is 0 Å². The Morgan fingerprint density at radius 2 is 1.79 bits per heavy atom. The van der Waals surface area contributed by atoms with Crippen LogP contribution in [0.4, 0.5) is 14.9 Å². The number of carbonyl (C=O) groups excluding carboxylic acids is 2. The fourth-order valence-electron chi connectivity index (χ4n) is 3.44. The lowest BCUT2D eigenvalue weighted by molar-refractivity contribution is -0.132. The molecule has 1 aliphatic heterocycles. The quantitative estimate of drug-likeness (QED) is 0.836. The molecule has 1 heterocycles. The van der Waals surface area contributed by atoms with Crippen LogP contribution in [0.15, 0.2) is 48.5 Å². The number of nitrogens with one attached hydrogen (secondary N) is 2. The van der Waals surface area contributed by atoms with Crippen LogP contribution in [0.3, 0.4) is 0 Å². The molecule has 148 valence electrons. The first kappa shape index (κ1) is 19.9. The third-order valence-electron chi connectivity index (χ3n) is 5.20. The maximum atomic E-state index is 13.0. The van der Waals surface area contributed by atoms with E-state index in [0.29, 0.717) is 25.3 Å². The fraction of sp³-hybridized carbons (Fsp3) is 0.364. The van der Waals surface area contributed by atoms with Gasteiger partial charge in [-0.15, -0.1) is 0 Å². The van der Waals surface area contributed by atoms with Crippen molar-refractivity contribution >= 4 is 17.6 Å². The van der Waals surface area contributed by atoms with Gasteiger partial charge in [0.25, 0.3) is 0 Å². The highest BCUT2D eigenvalue weighted by molar-refractivity contribution is 5.90. The number of nitrogens with zero attached hydrogens (tertiary/aromatic N) is 1. The fourth-order valence-corrected chi connectivity index (χ4v) is 3.44. The van der Waals surface area contributed by atoms with Crippen molar-refractivity contribution in [3.63, 3.8) is 0 Å². The van der Waals surface area contributed by atoms with E-state index in [1.165, 1.54) is 29.8 Å². The molecule has 1 atom stereocenters. The van der Waals surface area contributed by atoms with Crippen LogP contribution in [0.2, 0.25) is 0 Å². The summed E-state index contributed by atoms with van der Waals surface area (Å²) >= 11 is 0. The monoisotopic (exact) mass is 383 g/mol. The molecule has 0 aliphatic carbocycles. The van der Waals surface area contributed by atoms with Crippen LogP contribution in [-0.2, 0) is 11.3 Å². The molecule has 0 radical (unpaired) electrons. The number of rotatable bonds is 4. The summed E-state index contributed by atoms with van der Waals surface area (Å²) in [4.78, 5) is 27.0. The third kappa shape index (κ3) is 4.88. The standard InChI is InChI=1S/C22H26FN3O2/c1-16-4-6-17(7-5-16)14-24-20(27)22(2)12-3-13-26(15-22)21(28)25-19-10-8-18(23)9-11-19/h4-11H,3,12-15H2,1-2H3,(H,24,27)(H,25,28)/t22-/m0/s1. The first-order valence-corrected chi connectivity index (χ1v) is 9.51. The van der Waals surface area contributed by atoms with Crippen molar-refractivity contribution in [3.05, 3.63) is 65.5 Å². The Balaban J connectivity index is 1.58. The molecule has 0 bridgehead atoms. The number of piperidine rings is 1. The highest BCUT2D eigenvalue weighted by Gasteiger charge is 2.39. The van der Waals surface area contributed by atoms with Crippen molar-refractivity contribution in [2.45, 2.75) is 33.2 Å². The van der Waals surface area contributed by atoms with Gasteiger partial charge in [0.1, 0.15) is 5.82 Å². The second-order valence-corrected chi connectivity index (χ2v) is 7.69. The number of anilines is 1. The van der Waals surface area contributed by atoms with Crippen molar-refractivity contribution in [2.75, 3.05) is 18.4 Å². The molecule has 1 saturated heterocycles. The van der Waals surface area contributed by atoms with Gasteiger partial charge >= 0.3 is 6.03 Å². The van der Waals surface area contributed by atoms with Gasteiger partial charge in [-0.05, 0) is 56.5 Å². The lowest BCUT2D eigenvalue weighted by Crippen LogP contribution is -2.52. The minimum atomic E-state index is -0.636. The molecule has 0 spiro atoms. The van der Waals surface area contributed by atoms with E-state index in [1.807, 2.05) is 38.1 Å². The molecule has 3 rings (SSSR count). The van der Waals surface area contributed by atoms with E-state index in [2.05, 4.69) is 10.6 Å². The average Bonchev–Trinajstić information content (AvgIpc) is 2.69. The van der Waals surface area contributed by atoms with Gasteiger partial charge in [-0.3, -0.25) is 4.79 Å². The number of halogens is 1. The van der Waals surface area contributed by atoms with Gasteiger partial charge in [-0.2, -0.15) is 0 Å². The molecule has 0 aromatic heterocycles. The predicted octanol–water partition coefficient (Wildman–Crippen LogP) is 4.08. The number of amides is 3. The average molecular weight is 383 g/mol. The van der Waals surface area contributed by atoms with Gasteiger partial charge < -0.3 is 15.5 Å². The second kappa shape index (κ2) is 8.42. The van der Waals surface area contributed by atoms with Crippen molar-refractivity contribution in [2.24, 2.45) is 5.41 Å². The van der Waals surface area contributed by atoms with E-state index in [9.17, 15) is 14.0 Å². The Morgan fingerprint density at radius 1 is 1.11 bits per heavy atom. The minimum Gasteiger partial charge on any atom is -0.351 e. The molecule has 5 nitrogen and oxygen atoms in total. The highest BCUT2D eigenvalue weighted by atomic mass is 19.1. The zero-order chi connectivity index (χ0) is 20.1. The molecule has 1 aliphatic rings. The SMILES string of the molecule is Cc1ccc(CNC(=O)[C@@]2(C)CCCN(C(=O)Nc3ccc(F)cc3)C2)cc1. The summed E-state index contributed by atoms with van der Waals surface area (Å²) in [5.74, 6) is -0.402. The maximum absolute atomic E-state index is 13.0. The molecule has 6 heteroatoms. The molecule has 0 saturated carbocycles. The van der Waals surface area contributed by atoms with Crippen molar-refractivity contribution < 1.29 is 14.0 Å². The van der Waals surface area contributed by atoms with Gasteiger partial charge in [-0.25, -0.2) is 9.18 Å². The Kier molecular flexibility index (Phi) is 5.97. The van der Waals surface area contributed by atoms with Gasteiger partial charge in [0.2, 0.25) is 5.91 Å². The molecule has 2 aromatic rings. The molecular formula is C22H26FN3O2. The number of aryl methyl sites for hydroxylation is 1. The zero-order valence-electron chi connectivity index (χ0n) is 16.3. The van der Waals surface area contributed by atoms with E-state index in [1.54, 1.807) is 4.90 Å². The summed E-state index contributed by atoms with van der Waals surface area (Å²) in [6.45, 7) is 5.33. The van der Waals surface area contributed by atoms with Crippen LogP contribution in [0.25, 0.3) is 0 Å². The normalized spacial score (nSPS) is 19.2. The predicted molar refractivity (Wildman–Crippen MR) is 107 cm³/mol. The Hall–Kier alpha value is -2.89. The zero-order valence-corrected chi connectivity index (χ0v) is 16.3. The molecule has 28 heavy (non-hydrogen) atoms. The Bertz CT molecular complexity index is 836. The summed E-state index contributed by atoms with van der Waals surface area (Å²) in [5, 5.41) is 5.77. The van der Waals surface area contributed by atoms with E-state index in [0.717, 1.165) is 18.4 Å². The van der Waals surface area contributed by atoms with Gasteiger partial charge in [0.05, 0.1) is 5.41 Å². The molecule has 3 amide bonds. The number of carbonyl (C=O) groups is 2. The van der Waals surface area contributed by atoms with Gasteiger partial charge in [0, 0.05) is 25.3 Å². The number of likely N-dealkylation sites (tertiary alicyclic amines) is 1. The summed E-state index contributed by atoms with van der Waals surface area (Å²) in [5.41, 5.74) is 2.12. The lowest BCUT2D eigenvalue weighted by Gasteiger charge is -2.39. The summed E-state index contributed by atoms with van der Waals surface area (Å²) in [6, 6.07) is 13.4. The summed E-state index contributed by atoms with van der Waals surface area (Å²) in [7, 11) is 0. The van der Waals surface area contributed by atoms with E-state index >= 15 is 0 Å². The smallest absolute Gasteiger partial charge is 0.321 e. The van der Waals surface area contributed by atoms with E-state index in [4.69, 9.17) is 0 Å². The van der Waals surface area contributed by atoms with Crippen LogP contribution in [-0.4, -0.2) is 29.9 Å². The first-order chi connectivity index (χ1) is 13.4. The van der Waals surface area contributed by atoms with Crippen LogP contribution < -0.4 is 10.6 Å². The van der Waals surface area contributed by atoms with Crippen LogP contribution in [0, 0.1) is 18.2 Å². The summed E-state index contributed by atoms with van der Waals surface area (Å²) in [6.07, 6.45) is 1.48. The molecule has 2 aromatic carbocycles. The van der Waals surface area contributed by atoms with Crippen molar-refractivity contribution in [1.29, 1.82) is 0 Å². The van der Waals surface area contributed by atoms with E-state index < -0.39 is 5.41 Å². The number of hydrogen-bond donors (Lipinski definition) is 2. The van der Waals surface area contributed by atoms with Crippen molar-refractivity contribution in [3.8, 4) is 0 Å². The summed E-state index contributed by atoms with van der Waals surface area (Å²) < 4.78 is 13.0. The second-order valence-electron chi connectivity index (χ2n) is 7.69.